The van der Waals surface area contributed by atoms with Crippen LogP contribution in [0.25, 0.3) is 11.1 Å². The summed E-state index contributed by atoms with van der Waals surface area (Å²) >= 11 is 5.51. The summed E-state index contributed by atoms with van der Waals surface area (Å²) in [5.74, 6) is 1.22. The van der Waals surface area contributed by atoms with Crippen LogP contribution in [-0.2, 0) is 0 Å². The van der Waals surface area contributed by atoms with Gasteiger partial charge in [0.2, 0.25) is 0 Å². The number of methoxy groups -OCH3 is 1. The van der Waals surface area contributed by atoms with Gasteiger partial charge in [-0.25, -0.2) is 4.79 Å². The van der Waals surface area contributed by atoms with Gasteiger partial charge in [0, 0.05) is 18.1 Å². The van der Waals surface area contributed by atoms with Crippen LogP contribution in [0, 0.1) is 0 Å². The summed E-state index contributed by atoms with van der Waals surface area (Å²) in [5.41, 5.74) is 2.90. The van der Waals surface area contributed by atoms with E-state index in [1.807, 2.05) is 48.5 Å². The molecule has 0 aliphatic carbocycles. The van der Waals surface area contributed by atoms with E-state index in [2.05, 4.69) is 10.6 Å². The van der Waals surface area contributed by atoms with E-state index in [0.717, 1.165) is 22.6 Å². The maximum atomic E-state index is 11.5. The number of anilines is 1. The van der Waals surface area contributed by atoms with Crippen LogP contribution in [0.2, 0.25) is 0 Å². The van der Waals surface area contributed by atoms with Crippen molar-refractivity contribution in [3.05, 3.63) is 48.5 Å². The lowest BCUT2D eigenvalue weighted by Gasteiger charge is -2.08. The van der Waals surface area contributed by atoms with Gasteiger partial charge < -0.3 is 15.4 Å². The summed E-state index contributed by atoms with van der Waals surface area (Å²) in [6, 6.07) is 15.2. The summed E-state index contributed by atoms with van der Waals surface area (Å²) in [7, 11) is 1.64. The summed E-state index contributed by atoms with van der Waals surface area (Å²) in [6.45, 7) is 0.442. The van der Waals surface area contributed by atoms with Gasteiger partial charge in [-0.2, -0.15) is 0 Å². The second-order valence-corrected chi connectivity index (χ2v) is 4.75. The topological polar surface area (TPSA) is 50.4 Å². The molecule has 0 bridgehead atoms. The molecule has 2 aromatic carbocycles. The Labute approximate surface area is 129 Å². The van der Waals surface area contributed by atoms with Crippen molar-refractivity contribution >= 4 is 23.3 Å². The number of ether oxygens (including phenoxy) is 1. The third-order valence-electron chi connectivity index (χ3n) is 2.95. The number of alkyl halides is 1. The molecule has 0 saturated carbocycles. The number of hydrogen-bond donors (Lipinski definition) is 2. The number of carbonyl (C=O) groups excluding carboxylic acids is 1. The standard InChI is InChI=1S/C16H17ClN2O2/c1-21-15-8-4-13(5-9-15)12-2-6-14(7-3-12)19-16(20)18-11-10-17/h2-9H,10-11H2,1H3,(H2,18,19,20). The van der Waals surface area contributed by atoms with E-state index in [9.17, 15) is 4.79 Å². The summed E-state index contributed by atoms with van der Waals surface area (Å²) in [5, 5.41) is 5.39. The fourth-order valence-electron chi connectivity index (χ4n) is 1.87. The molecule has 0 unspecified atom stereocenters. The van der Waals surface area contributed by atoms with Gasteiger partial charge in [0.15, 0.2) is 0 Å². The minimum atomic E-state index is -0.257. The molecule has 0 aliphatic rings. The minimum Gasteiger partial charge on any atom is -0.497 e. The fraction of sp³-hybridized carbons (Fsp3) is 0.188. The molecule has 0 heterocycles. The van der Waals surface area contributed by atoms with Crippen LogP contribution >= 0.6 is 11.6 Å². The number of halogens is 1. The van der Waals surface area contributed by atoms with Crippen molar-refractivity contribution in [3.63, 3.8) is 0 Å². The van der Waals surface area contributed by atoms with Crippen LogP contribution in [0.1, 0.15) is 0 Å². The van der Waals surface area contributed by atoms with Gasteiger partial charge in [0.05, 0.1) is 7.11 Å². The smallest absolute Gasteiger partial charge is 0.319 e. The molecular weight excluding hydrogens is 288 g/mol. The maximum Gasteiger partial charge on any atom is 0.319 e. The predicted octanol–water partition coefficient (Wildman–Crippen LogP) is 3.72. The van der Waals surface area contributed by atoms with E-state index in [0.29, 0.717) is 12.4 Å². The lowest BCUT2D eigenvalue weighted by atomic mass is 10.1. The molecule has 2 aromatic rings. The second kappa shape index (κ2) is 7.55. The Morgan fingerprint density at radius 1 is 1.05 bits per heavy atom. The lowest BCUT2D eigenvalue weighted by molar-refractivity contribution is 0.252. The number of hydrogen-bond acceptors (Lipinski definition) is 2. The Hall–Kier alpha value is -2.20. The molecule has 21 heavy (non-hydrogen) atoms. The SMILES string of the molecule is COc1ccc(-c2ccc(NC(=O)NCCCl)cc2)cc1. The predicted molar refractivity (Wildman–Crippen MR) is 86.2 cm³/mol. The Bertz CT molecular complexity index is 582. The van der Waals surface area contributed by atoms with E-state index in [-0.39, 0.29) is 6.03 Å². The molecule has 0 aliphatic heterocycles. The Balaban J connectivity index is 2.02. The van der Waals surface area contributed by atoms with Crippen LogP contribution in [-0.4, -0.2) is 25.6 Å². The Kier molecular flexibility index (Phi) is 5.46. The fourth-order valence-corrected chi connectivity index (χ4v) is 1.96. The first-order valence-corrected chi connectivity index (χ1v) is 7.11. The molecule has 0 saturated heterocycles. The number of benzene rings is 2. The summed E-state index contributed by atoms with van der Waals surface area (Å²) in [4.78, 5) is 11.5. The Morgan fingerprint density at radius 3 is 2.14 bits per heavy atom. The average Bonchev–Trinajstić information content (AvgIpc) is 2.54. The molecular formula is C16H17ClN2O2. The van der Waals surface area contributed by atoms with Gasteiger partial charge in [0.25, 0.3) is 0 Å². The number of amides is 2. The van der Waals surface area contributed by atoms with Crippen molar-refractivity contribution in [2.45, 2.75) is 0 Å². The molecule has 0 aromatic heterocycles. The molecule has 110 valence electrons. The van der Waals surface area contributed by atoms with Gasteiger partial charge in [-0.15, -0.1) is 11.6 Å². The summed E-state index contributed by atoms with van der Waals surface area (Å²) < 4.78 is 5.14. The van der Waals surface area contributed by atoms with Crippen molar-refractivity contribution in [2.75, 3.05) is 24.9 Å². The average molecular weight is 305 g/mol. The lowest BCUT2D eigenvalue weighted by Crippen LogP contribution is -2.30. The molecule has 2 N–H and O–H groups in total. The molecule has 0 atom stereocenters. The molecule has 2 amide bonds. The molecule has 0 radical (unpaired) electrons. The van der Waals surface area contributed by atoms with Crippen molar-refractivity contribution in [1.82, 2.24) is 5.32 Å². The third kappa shape index (κ3) is 4.39. The van der Waals surface area contributed by atoms with Crippen LogP contribution in [0.3, 0.4) is 0 Å². The highest BCUT2D eigenvalue weighted by atomic mass is 35.5. The molecule has 4 nitrogen and oxygen atoms in total. The van der Waals surface area contributed by atoms with Gasteiger partial charge in [0.1, 0.15) is 5.75 Å². The first-order valence-electron chi connectivity index (χ1n) is 6.58. The van der Waals surface area contributed by atoms with E-state index < -0.39 is 0 Å². The minimum absolute atomic E-state index is 0.257. The Morgan fingerprint density at radius 2 is 1.62 bits per heavy atom. The quantitative estimate of drug-likeness (QED) is 0.827. The van der Waals surface area contributed by atoms with Crippen LogP contribution in [0.5, 0.6) is 5.75 Å². The maximum absolute atomic E-state index is 11.5. The zero-order valence-electron chi connectivity index (χ0n) is 11.7. The highest BCUT2D eigenvalue weighted by molar-refractivity contribution is 6.18. The number of urea groups is 1. The van der Waals surface area contributed by atoms with E-state index in [1.165, 1.54) is 0 Å². The first kappa shape index (κ1) is 15.2. The van der Waals surface area contributed by atoms with Crippen molar-refractivity contribution in [1.29, 1.82) is 0 Å². The zero-order chi connectivity index (χ0) is 15.1. The monoisotopic (exact) mass is 304 g/mol. The van der Waals surface area contributed by atoms with Gasteiger partial charge in [-0.1, -0.05) is 24.3 Å². The molecule has 0 fully saturated rings. The zero-order valence-corrected chi connectivity index (χ0v) is 12.5. The highest BCUT2D eigenvalue weighted by Crippen LogP contribution is 2.23. The normalized spacial score (nSPS) is 10.0. The second-order valence-electron chi connectivity index (χ2n) is 4.38. The van der Waals surface area contributed by atoms with Crippen molar-refractivity contribution < 1.29 is 9.53 Å². The number of carbonyl (C=O) groups is 1. The van der Waals surface area contributed by atoms with E-state index >= 15 is 0 Å². The first-order chi connectivity index (χ1) is 10.2. The largest absolute Gasteiger partial charge is 0.497 e. The number of nitrogens with one attached hydrogen (secondary N) is 2. The molecule has 2 rings (SSSR count). The van der Waals surface area contributed by atoms with Crippen LogP contribution in [0.15, 0.2) is 48.5 Å². The molecule has 5 heteroatoms. The third-order valence-corrected chi connectivity index (χ3v) is 3.14. The molecule has 0 spiro atoms. The van der Waals surface area contributed by atoms with Gasteiger partial charge >= 0.3 is 6.03 Å². The van der Waals surface area contributed by atoms with Crippen LogP contribution in [0.4, 0.5) is 10.5 Å². The van der Waals surface area contributed by atoms with E-state index in [4.69, 9.17) is 16.3 Å². The van der Waals surface area contributed by atoms with Gasteiger partial charge in [-0.3, -0.25) is 0 Å². The van der Waals surface area contributed by atoms with Crippen LogP contribution < -0.4 is 15.4 Å². The van der Waals surface area contributed by atoms with Gasteiger partial charge in [-0.05, 0) is 35.4 Å². The summed E-state index contributed by atoms with van der Waals surface area (Å²) in [6.07, 6.45) is 0. The van der Waals surface area contributed by atoms with E-state index in [1.54, 1.807) is 7.11 Å². The van der Waals surface area contributed by atoms with Crippen molar-refractivity contribution in [2.24, 2.45) is 0 Å². The number of rotatable bonds is 5. The van der Waals surface area contributed by atoms with Crippen molar-refractivity contribution in [3.8, 4) is 16.9 Å². The highest BCUT2D eigenvalue weighted by Gasteiger charge is 2.02.